The Hall–Kier alpha value is -1.35. The SMILES string of the molecule is CC[C@H](O)CCCNC(=O)C[C@@H](CC)c1ccccc1. The van der Waals surface area contributed by atoms with E-state index in [2.05, 4.69) is 24.4 Å². The van der Waals surface area contributed by atoms with Crippen molar-refractivity contribution in [3.05, 3.63) is 35.9 Å². The standard InChI is InChI=1S/C17H27NO2/c1-3-14(15-9-6-5-7-10-15)13-17(20)18-12-8-11-16(19)4-2/h5-7,9-10,14,16,19H,3-4,8,11-13H2,1-2H3,(H,18,20)/t14-,16+/m1/s1. The quantitative estimate of drug-likeness (QED) is 0.681. The van der Waals surface area contributed by atoms with Crippen LogP contribution in [0.3, 0.4) is 0 Å². The molecule has 112 valence electrons. The lowest BCUT2D eigenvalue weighted by molar-refractivity contribution is -0.121. The van der Waals surface area contributed by atoms with Crippen molar-refractivity contribution in [3.8, 4) is 0 Å². The van der Waals surface area contributed by atoms with Gasteiger partial charge in [0, 0.05) is 13.0 Å². The minimum absolute atomic E-state index is 0.103. The van der Waals surface area contributed by atoms with Crippen LogP contribution < -0.4 is 5.32 Å². The van der Waals surface area contributed by atoms with Crippen LogP contribution in [0.25, 0.3) is 0 Å². The first-order valence-corrected chi connectivity index (χ1v) is 7.67. The Kier molecular flexibility index (Phi) is 7.97. The monoisotopic (exact) mass is 277 g/mol. The second kappa shape index (κ2) is 9.54. The maximum absolute atomic E-state index is 11.9. The molecule has 0 fully saturated rings. The first kappa shape index (κ1) is 16.7. The highest BCUT2D eigenvalue weighted by molar-refractivity contribution is 5.76. The van der Waals surface area contributed by atoms with Crippen molar-refractivity contribution < 1.29 is 9.90 Å². The number of carbonyl (C=O) groups is 1. The molecule has 0 heterocycles. The first-order valence-electron chi connectivity index (χ1n) is 7.67. The van der Waals surface area contributed by atoms with Gasteiger partial charge in [0.1, 0.15) is 0 Å². The fourth-order valence-corrected chi connectivity index (χ4v) is 2.29. The molecule has 0 unspecified atom stereocenters. The molecule has 0 aromatic heterocycles. The van der Waals surface area contributed by atoms with E-state index in [1.54, 1.807) is 0 Å². The Balaban J connectivity index is 2.30. The van der Waals surface area contributed by atoms with Crippen molar-refractivity contribution in [2.24, 2.45) is 0 Å². The van der Waals surface area contributed by atoms with Gasteiger partial charge in [-0.15, -0.1) is 0 Å². The van der Waals surface area contributed by atoms with Gasteiger partial charge in [-0.25, -0.2) is 0 Å². The van der Waals surface area contributed by atoms with Crippen LogP contribution in [0.2, 0.25) is 0 Å². The molecule has 1 aromatic carbocycles. The summed E-state index contributed by atoms with van der Waals surface area (Å²) < 4.78 is 0. The molecule has 1 rings (SSSR count). The van der Waals surface area contributed by atoms with Gasteiger partial charge in [-0.05, 0) is 37.2 Å². The van der Waals surface area contributed by atoms with E-state index >= 15 is 0 Å². The summed E-state index contributed by atoms with van der Waals surface area (Å²) >= 11 is 0. The summed E-state index contributed by atoms with van der Waals surface area (Å²) in [6.45, 7) is 4.73. The molecule has 0 aliphatic carbocycles. The van der Waals surface area contributed by atoms with E-state index in [0.29, 0.717) is 13.0 Å². The minimum atomic E-state index is -0.236. The summed E-state index contributed by atoms with van der Waals surface area (Å²) in [6.07, 6.45) is 3.64. The zero-order valence-corrected chi connectivity index (χ0v) is 12.6. The van der Waals surface area contributed by atoms with Crippen LogP contribution in [0.4, 0.5) is 0 Å². The predicted molar refractivity (Wildman–Crippen MR) is 82.6 cm³/mol. The fraction of sp³-hybridized carbons (Fsp3) is 0.588. The van der Waals surface area contributed by atoms with Crippen LogP contribution in [0, 0.1) is 0 Å². The molecular formula is C17H27NO2. The number of nitrogens with one attached hydrogen (secondary N) is 1. The Labute approximate surface area is 122 Å². The van der Waals surface area contributed by atoms with Gasteiger partial charge in [0.2, 0.25) is 5.91 Å². The van der Waals surface area contributed by atoms with Crippen LogP contribution >= 0.6 is 0 Å². The Bertz CT molecular complexity index is 378. The average molecular weight is 277 g/mol. The lowest BCUT2D eigenvalue weighted by atomic mass is 9.93. The number of rotatable bonds is 9. The molecule has 0 radical (unpaired) electrons. The van der Waals surface area contributed by atoms with Gasteiger partial charge in [-0.2, -0.15) is 0 Å². The lowest BCUT2D eigenvalue weighted by Gasteiger charge is -2.15. The zero-order chi connectivity index (χ0) is 14.8. The van der Waals surface area contributed by atoms with E-state index < -0.39 is 0 Å². The summed E-state index contributed by atoms with van der Waals surface area (Å²) in [4.78, 5) is 11.9. The Morgan fingerprint density at radius 3 is 2.50 bits per heavy atom. The second-order valence-corrected chi connectivity index (χ2v) is 5.27. The van der Waals surface area contributed by atoms with Gasteiger partial charge in [0.25, 0.3) is 0 Å². The maximum atomic E-state index is 11.9. The molecule has 2 atom stereocenters. The molecule has 0 aliphatic rings. The molecule has 1 amide bonds. The summed E-state index contributed by atoms with van der Waals surface area (Å²) in [6, 6.07) is 10.2. The van der Waals surface area contributed by atoms with Gasteiger partial charge < -0.3 is 10.4 Å². The maximum Gasteiger partial charge on any atom is 0.220 e. The molecule has 3 nitrogen and oxygen atoms in total. The van der Waals surface area contributed by atoms with E-state index in [4.69, 9.17) is 0 Å². The topological polar surface area (TPSA) is 49.3 Å². The van der Waals surface area contributed by atoms with Crippen molar-refractivity contribution in [2.75, 3.05) is 6.54 Å². The van der Waals surface area contributed by atoms with Gasteiger partial charge >= 0.3 is 0 Å². The van der Waals surface area contributed by atoms with E-state index in [1.165, 1.54) is 5.56 Å². The van der Waals surface area contributed by atoms with Gasteiger partial charge in [0.15, 0.2) is 0 Å². The van der Waals surface area contributed by atoms with Crippen molar-refractivity contribution in [1.29, 1.82) is 0 Å². The number of benzene rings is 1. The van der Waals surface area contributed by atoms with Crippen molar-refractivity contribution in [2.45, 2.75) is 58.0 Å². The molecule has 1 aromatic rings. The van der Waals surface area contributed by atoms with Gasteiger partial charge in [-0.1, -0.05) is 44.2 Å². The summed E-state index contributed by atoms with van der Waals surface area (Å²) in [5, 5.41) is 12.4. The number of amides is 1. The lowest BCUT2D eigenvalue weighted by Crippen LogP contribution is -2.26. The molecule has 0 bridgehead atoms. The third kappa shape index (κ3) is 6.20. The Morgan fingerprint density at radius 2 is 1.90 bits per heavy atom. The largest absolute Gasteiger partial charge is 0.393 e. The van der Waals surface area contributed by atoms with Crippen LogP contribution in [-0.4, -0.2) is 23.7 Å². The highest BCUT2D eigenvalue weighted by atomic mass is 16.3. The van der Waals surface area contributed by atoms with Crippen molar-refractivity contribution in [1.82, 2.24) is 5.32 Å². The van der Waals surface area contributed by atoms with E-state index in [-0.39, 0.29) is 17.9 Å². The van der Waals surface area contributed by atoms with Crippen LogP contribution in [0.15, 0.2) is 30.3 Å². The Morgan fingerprint density at radius 1 is 1.20 bits per heavy atom. The molecular weight excluding hydrogens is 250 g/mol. The van der Waals surface area contributed by atoms with E-state index in [1.807, 2.05) is 25.1 Å². The molecule has 2 N–H and O–H groups in total. The van der Waals surface area contributed by atoms with Gasteiger partial charge in [0.05, 0.1) is 6.10 Å². The van der Waals surface area contributed by atoms with Crippen LogP contribution in [0.5, 0.6) is 0 Å². The third-order valence-corrected chi connectivity index (χ3v) is 3.70. The van der Waals surface area contributed by atoms with Crippen LogP contribution in [0.1, 0.15) is 57.4 Å². The second-order valence-electron chi connectivity index (χ2n) is 5.27. The summed E-state index contributed by atoms with van der Waals surface area (Å²) in [5.74, 6) is 0.393. The number of hydrogen-bond acceptors (Lipinski definition) is 2. The van der Waals surface area contributed by atoms with Crippen LogP contribution in [-0.2, 0) is 4.79 Å². The fourth-order valence-electron chi connectivity index (χ4n) is 2.29. The highest BCUT2D eigenvalue weighted by Gasteiger charge is 2.13. The minimum Gasteiger partial charge on any atom is -0.393 e. The smallest absolute Gasteiger partial charge is 0.220 e. The van der Waals surface area contributed by atoms with E-state index in [0.717, 1.165) is 25.7 Å². The molecule has 0 saturated heterocycles. The molecule has 3 heteroatoms. The summed E-state index contributed by atoms with van der Waals surface area (Å²) in [7, 11) is 0. The van der Waals surface area contributed by atoms with E-state index in [9.17, 15) is 9.90 Å². The molecule has 0 saturated carbocycles. The number of aliphatic hydroxyl groups excluding tert-OH is 1. The summed E-state index contributed by atoms with van der Waals surface area (Å²) in [5.41, 5.74) is 1.23. The number of carbonyl (C=O) groups excluding carboxylic acids is 1. The van der Waals surface area contributed by atoms with Crippen molar-refractivity contribution in [3.63, 3.8) is 0 Å². The molecule has 0 aliphatic heterocycles. The van der Waals surface area contributed by atoms with Gasteiger partial charge in [-0.3, -0.25) is 4.79 Å². The predicted octanol–water partition coefficient (Wildman–Crippen LogP) is 3.24. The molecule has 20 heavy (non-hydrogen) atoms. The zero-order valence-electron chi connectivity index (χ0n) is 12.6. The highest BCUT2D eigenvalue weighted by Crippen LogP contribution is 2.22. The number of hydrogen-bond donors (Lipinski definition) is 2. The van der Waals surface area contributed by atoms with Crippen molar-refractivity contribution >= 4 is 5.91 Å². The average Bonchev–Trinajstić information content (AvgIpc) is 2.49. The normalized spacial score (nSPS) is 13.8. The molecule has 0 spiro atoms. The first-order chi connectivity index (χ1) is 9.67. The number of aliphatic hydroxyl groups is 1. The third-order valence-electron chi connectivity index (χ3n) is 3.70.